The van der Waals surface area contributed by atoms with E-state index in [0.29, 0.717) is 0 Å². The minimum absolute atomic E-state index is 0.795. The molecule has 1 rings (SSSR count). The molecule has 0 radical (unpaired) electrons. The van der Waals surface area contributed by atoms with Crippen LogP contribution in [0.1, 0.15) is 34.6 Å². The summed E-state index contributed by atoms with van der Waals surface area (Å²) in [5.74, 6) is 1.78. The topological polar surface area (TPSA) is 20.3 Å². The molecular formula is C16H29NOS. The smallest absolute Gasteiger partial charge is 0.209 e. The zero-order valence-electron chi connectivity index (χ0n) is 13.2. The van der Waals surface area contributed by atoms with Gasteiger partial charge in [-0.25, -0.2) is 0 Å². The van der Waals surface area contributed by atoms with Crippen LogP contribution in [0.25, 0.3) is 0 Å². The van der Waals surface area contributed by atoms with Crippen molar-refractivity contribution in [2.45, 2.75) is 39.5 Å². The largest absolute Gasteiger partial charge is 0.347 e. The Bertz CT molecular complexity index is 285. The van der Waals surface area contributed by atoms with Gasteiger partial charge in [-0.2, -0.15) is 0 Å². The minimum Gasteiger partial charge on any atom is -0.347 e. The summed E-state index contributed by atoms with van der Waals surface area (Å²) >= 11 is 1.76. The fraction of sp³-hybridized carbons (Fsp3) is 0.562. The van der Waals surface area contributed by atoms with Gasteiger partial charge in [-0.1, -0.05) is 52.8 Å². The molecule has 0 unspecified atom stereocenters. The number of nitrogens with zero attached hydrogens (tertiary/aromatic N) is 1. The lowest BCUT2D eigenvalue weighted by Gasteiger charge is -2.09. The number of carbonyl (C=O) groups is 1. The summed E-state index contributed by atoms with van der Waals surface area (Å²) in [5.41, 5.74) is 0. The molecule has 0 N–H and O–H groups in total. The highest BCUT2D eigenvalue weighted by atomic mass is 32.2. The average Bonchev–Trinajstić information content (AvgIpc) is 2.41. The van der Waals surface area contributed by atoms with Gasteiger partial charge in [0.05, 0.1) is 0 Å². The summed E-state index contributed by atoms with van der Waals surface area (Å²) in [4.78, 5) is 13.2. The predicted octanol–water partition coefficient (Wildman–Crippen LogP) is 4.56. The third-order valence-corrected chi connectivity index (χ3v) is 2.63. The summed E-state index contributed by atoms with van der Waals surface area (Å²) in [6.45, 7) is 11.3. The number of benzene rings is 1. The van der Waals surface area contributed by atoms with E-state index in [4.69, 9.17) is 0 Å². The van der Waals surface area contributed by atoms with E-state index < -0.39 is 0 Å². The average molecular weight is 283 g/mol. The second kappa shape index (κ2) is 15.1. The lowest BCUT2D eigenvalue weighted by atomic mass is 10.3. The van der Waals surface area contributed by atoms with Crippen LogP contribution in [0.4, 0.5) is 0 Å². The van der Waals surface area contributed by atoms with Crippen LogP contribution < -0.4 is 0 Å². The van der Waals surface area contributed by atoms with E-state index in [-0.39, 0.29) is 0 Å². The van der Waals surface area contributed by atoms with Gasteiger partial charge in [0.1, 0.15) is 0 Å². The van der Waals surface area contributed by atoms with E-state index in [0.717, 1.165) is 24.6 Å². The third-order valence-electron chi connectivity index (χ3n) is 1.64. The number of amides is 1. The van der Waals surface area contributed by atoms with Crippen LogP contribution in [0.15, 0.2) is 35.2 Å². The highest BCUT2D eigenvalue weighted by molar-refractivity contribution is 7.99. The molecule has 2 nitrogen and oxygen atoms in total. The van der Waals surface area contributed by atoms with Crippen LogP contribution in [-0.4, -0.2) is 30.7 Å². The monoisotopic (exact) mass is 283 g/mol. The Morgan fingerprint density at radius 3 is 2.05 bits per heavy atom. The lowest BCUT2D eigenvalue weighted by molar-refractivity contribution is -0.116. The Labute approximate surface area is 123 Å². The standard InChI is InChI=1S/C10H13NOS.C4H10.C2H6/c1-11(9-12)7-8-13-10-5-3-2-4-6-10;1-4(2)3;1-2/h2-6,9H,7-8H2,1H3;4H,1-3H3;1-2H3. The fourth-order valence-corrected chi connectivity index (χ4v) is 1.84. The van der Waals surface area contributed by atoms with Crippen molar-refractivity contribution < 1.29 is 4.79 Å². The van der Waals surface area contributed by atoms with E-state index in [2.05, 4.69) is 32.9 Å². The molecule has 1 amide bonds. The van der Waals surface area contributed by atoms with Gasteiger partial charge in [-0.05, 0) is 18.1 Å². The number of rotatable bonds is 5. The van der Waals surface area contributed by atoms with Gasteiger partial charge in [0.15, 0.2) is 0 Å². The van der Waals surface area contributed by atoms with E-state index in [1.807, 2.05) is 32.0 Å². The summed E-state index contributed by atoms with van der Waals surface area (Å²) in [7, 11) is 1.79. The maximum atomic E-state index is 10.3. The fourth-order valence-electron chi connectivity index (χ4n) is 0.877. The first-order valence-electron chi connectivity index (χ1n) is 6.89. The van der Waals surface area contributed by atoms with Gasteiger partial charge in [-0.15, -0.1) is 11.8 Å². The normalized spacial score (nSPS) is 8.79. The molecule has 1 aromatic rings. The number of carbonyl (C=O) groups excluding carboxylic acids is 1. The van der Waals surface area contributed by atoms with Crippen molar-refractivity contribution in [1.29, 1.82) is 0 Å². The molecule has 0 bridgehead atoms. The predicted molar refractivity (Wildman–Crippen MR) is 87.7 cm³/mol. The van der Waals surface area contributed by atoms with Crippen molar-refractivity contribution in [1.82, 2.24) is 4.90 Å². The summed E-state index contributed by atoms with van der Waals surface area (Å²) in [5, 5.41) is 0. The summed E-state index contributed by atoms with van der Waals surface area (Å²) in [6.07, 6.45) is 0.853. The number of thioether (sulfide) groups is 1. The van der Waals surface area contributed by atoms with E-state index in [9.17, 15) is 4.79 Å². The molecule has 0 heterocycles. The molecule has 0 aliphatic rings. The Kier molecular flexibility index (Phi) is 16.2. The quantitative estimate of drug-likeness (QED) is 0.583. The highest BCUT2D eigenvalue weighted by Crippen LogP contribution is 2.16. The van der Waals surface area contributed by atoms with Crippen LogP contribution in [0.3, 0.4) is 0 Å². The van der Waals surface area contributed by atoms with Gasteiger partial charge in [0.25, 0.3) is 0 Å². The Morgan fingerprint density at radius 2 is 1.63 bits per heavy atom. The van der Waals surface area contributed by atoms with Crippen molar-refractivity contribution >= 4 is 18.2 Å². The molecule has 19 heavy (non-hydrogen) atoms. The molecule has 110 valence electrons. The van der Waals surface area contributed by atoms with Crippen molar-refractivity contribution in [3.8, 4) is 0 Å². The zero-order chi connectivity index (χ0) is 15.1. The van der Waals surface area contributed by atoms with Gasteiger partial charge in [0, 0.05) is 24.2 Å². The van der Waals surface area contributed by atoms with Crippen molar-refractivity contribution in [3.05, 3.63) is 30.3 Å². The summed E-state index contributed by atoms with van der Waals surface area (Å²) < 4.78 is 0. The van der Waals surface area contributed by atoms with Crippen LogP contribution in [0.2, 0.25) is 0 Å². The first-order valence-corrected chi connectivity index (χ1v) is 7.88. The minimum atomic E-state index is 0.795. The zero-order valence-corrected chi connectivity index (χ0v) is 14.0. The lowest BCUT2D eigenvalue weighted by Crippen LogP contribution is -2.18. The van der Waals surface area contributed by atoms with Gasteiger partial charge in [-0.3, -0.25) is 4.79 Å². The maximum absolute atomic E-state index is 10.3. The van der Waals surface area contributed by atoms with E-state index >= 15 is 0 Å². The van der Waals surface area contributed by atoms with Gasteiger partial charge < -0.3 is 4.90 Å². The third kappa shape index (κ3) is 17.0. The molecule has 0 aliphatic carbocycles. The molecule has 0 aromatic heterocycles. The Morgan fingerprint density at radius 1 is 1.16 bits per heavy atom. The van der Waals surface area contributed by atoms with Crippen molar-refractivity contribution in [2.24, 2.45) is 5.92 Å². The van der Waals surface area contributed by atoms with Crippen LogP contribution >= 0.6 is 11.8 Å². The molecule has 0 saturated heterocycles. The van der Waals surface area contributed by atoms with Gasteiger partial charge in [0.2, 0.25) is 6.41 Å². The van der Waals surface area contributed by atoms with E-state index in [1.54, 1.807) is 23.7 Å². The highest BCUT2D eigenvalue weighted by Gasteiger charge is 1.94. The van der Waals surface area contributed by atoms with E-state index in [1.165, 1.54) is 4.90 Å². The van der Waals surface area contributed by atoms with Crippen molar-refractivity contribution in [2.75, 3.05) is 19.3 Å². The second-order valence-corrected chi connectivity index (χ2v) is 5.65. The molecule has 0 atom stereocenters. The van der Waals surface area contributed by atoms with Crippen LogP contribution in [0, 0.1) is 5.92 Å². The first kappa shape index (κ1) is 20.4. The second-order valence-electron chi connectivity index (χ2n) is 4.48. The summed E-state index contributed by atoms with van der Waals surface area (Å²) in [6, 6.07) is 10.2. The SMILES string of the molecule is CC.CC(C)C.CN(C=O)CCSc1ccccc1. The molecule has 1 aromatic carbocycles. The van der Waals surface area contributed by atoms with Crippen LogP contribution in [-0.2, 0) is 4.79 Å². The molecular weight excluding hydrogens is 254 g/mol. The van der Waals surface area contributed by atoms with Crippen LogP contribution in [0.5, 0.6) is 0 Å². The Hall–Kier alpha value is -0.960. The first-order chi connectivity index (χ1) is 9.06. The molecule has 3 heteroatoms. The number of hydrogen-bond acceptors (Lipinski definition) is 2. The molecule has 0 aliphatic heterocycles. The molecule has 0 spiro atoms. The number of hydrogen-bond donors (Lipinski definition) is 0. The van der Waals surface area contributed by atoms with Gasteiger partial charge >= 0.3 is 0 Å². The molecule has 0 fully saturated rings. The maximum Gasteiger partial charge on any atom is 0.209 e. The molecule has 0 saturated carbocycles. The Balaban J connectivity index is 0. The van der Waals surface area contributed by atoms with Crippen molar-refractivity contribution in [3.63, 3.8) is 0 Å².